The average molecular weight is 371 g/mol. The van der Waals surface area contributed by atoms with E-state index >= 15 is 0 Å². The summed E-state index contributed by atoms with van der Waals surface area (Å²) in [5.74, 6) is -0.940. The Morgan fingerprint density at radius 1 is 1.12 bits per heavy atom. The minimum absolute atomic E-state index is 0.0153. The van der Waals surface area contributed by atoms with Crippen LogP contribution in [-0.4, -0.2) is 21.5 Å². The highest BCUT2D eigenvalue weighted by Crippen LogP contribution is 2.34. The molecule has 0 amide bonds. The number of nitrogens with zero attached hydrogens (tertiary/aromatic N) is 1. The number of carbonyl (C=O) groups excluding carboxylic acids is 1. The molecule has 7 heteroatoms. The fourth-order valence-corrected chi connectivity index (χ4v) is 4.66. The van der Waals surface area contributed by atoms with Crippen molar-refractivity contribution in [3.8, 4) is 0 Å². The van der Waals surface area contributed by atoms with Crippen molar-refractivity contribution in [3.63, 3.8) is 0 Å². The van der Waals surface area contributed by atoms with Gasteiger partial charge in [-0.25, -0.2) is 8.42 Å². The zero-order chi connectivity index (χ0) is 18.9. The molecule has 2 aromatic carbocycles. The summed E-state index contributed by atoms with van der Waals surface area (Å²) in [4.78, 5) is 12.5. The predicted molar refractivity (Wildman–Crippen MR) is 96.0 cm³/mol. The number of carbonyl (C=O) groups is 1. The Hall–Kier alpha value is -2.93. The molecule has 1 atom stereocenters. The number of aryl methyl sites for hydroxylation is 1. The highest BCUT2D eigenvalue weighted by molar-refractivity contribution is 7.92. The number of hydrogen-bond donors (Lipinski definition) is 0. The summed E-state index contributed by atoms with van der Waals surface area (Å²) in [5, 5.41) is 11.3. The summed E-state index contributed by atoms with van der Waals surface area (Å²) in [6, 6.07) is 14.2. The third kappa shape index (κ3) is 3.01. The van der Waals surface area contributed by atoms with E-state index in [9.17, 15) is 18.4 Å². The lowest BCUT2D eigenvalue weighted by Crippen LogP contribution is -2.31. The van der Waals surface area contributed by atoms with E-state index in [4.69, 9.17) is 4.74 Å². The van der Waals surface area contributed by atoms with Crippen LogP contribution in [0, 0.1) is 12.1 Å². The Bertz CT molecular complexity index is 1080. The van der Waals surface area contributed by atoms with E-state index < -0.39 is 21.1 Å². The largest absolute Gasteiger partial charge is 0.618 e. The Morgan fingerprint density at radius 3 is 2.46 bits per heavy atom. The van der Waals surface area contributed by atoms with Gasteiger partial charge in [-0.3, -0.25) is 4.79 Å². The Balaban J connectivity index is 2.36. The number of hydrogen-bond acceptors (Lipinski definition) is 5. The van der Waals surface area contributed by atoms with E-state index in [1.165, 1.54) is 18.3 Å². The van der Waals surface area contributed by atoms with Crippen LogP contribution in [-0.2, 0) is 19.4 Å². The number of sulfone groups is 1. The van der Waals surface area contributed by atoms with Gasteiger partial charge in [-0.05, 0) is 42.8 Å². The third-order valence-electron chi connectivity index (χ3n) is 4.11. The smallest absolute Gasteiger partial charge is 0.329 e. The molecule has 0 saturated heterocycles. The van der Waals surface area contributed by atoms with Gasteiger partial charge < -0.3 is 9.94 Å². The van der Waals surface area contributed by atoms with Crippen LogP contribution in [0.3, 0.4) is 0 Å². The van der Waals surface area contributed by atoms with E-state index in [1.807, 2.05) is 0 Å². The first-order valence-electron chi connectivity index (χ1n) is 7.85. The molecule has 1 heterocycles. The number of esters is 1. The Kier molecular flexibility index (Phi) is 4.65. The maximum Gasteiger partial charge on any atom is 0.329 e. The molecule has 0 aliphatic carbocycles. The predicted octanol–water partition coefficient (Wildman–Crippen LogP) is 2.47. The van der Waals surface area contributed by atoms with Gasteiger partial charge in [-0.1, -0.05) is 18.2 Å². The Morgan fingerprint density at radius 2 is 1.81 bits per heavy atom. The molecule has 0 saturated carbocycles. The minimum atomic E-state index is -4.12. The molecule has 26 heavy (non-hydrogen) atoms. The van der Waals surface area contributed by atoms with Crippen molar-refractivity contribution in [1.29, 1.82) is 0 Å². The number of methoxy groups -OCH3 is 1. The van der Waals surface area contributed by atoms with Crippen molar-refractivity contribution in [2.24, 2.45) is 0 Å². The minimum Gasteiger partial charge on any atom is -0.618 e. The zero-order valence-corrected chi connectivity index (χ0v) is 15.1. The molecule has 0 fully saturated rings. The molecule has 1 unspecified atom stereocenters. The monoisotopic (exact) mass is 371 g/mol. The van der Waals surface area contributed by atoms with Crippen molar-refractivity contribution in [3.05, 3.63) is 77.1 Å². The summed E-state index contributed by atoms with van der Waals surface area (Å²) in [6.07, 6.45) is 1.27. The van der Waals surface area contributed by atoms with Gasteiger partial charge >= 0.3 is 5.97 Å². The van der Waals surface area contributed by atoms with Crippen molar-refractivity contribution in [2.45, 2.75) is 17.1 Å². The highest BCUT2D eigenvalue weighted by Gasteiger charge is 2.39. The van der Waals surface area contributed by atoms with Gasteiger partial charge in [0.05, 0.1) is 17.6 Å². The first kappa shape index (κ1) is 17.9. The maximum atomic E-state index is 13.2. The number of aromatic nitrogens is 1. The van der Waals surface area contributed by atoms with Gasteiger partial charge in [-0.2, -0.15) is 4.73 Å². The van der Waals surface area contributed by atoms with Gasteiger partial charge in [-0.15, -0.1) is 0 Å². The molecule has 0 radical (unpaired) electrons. The van der Waals surface area contributed by atoms with Gasteiger partial charge in [0, 0.05) is 11.5 Å². The fraction of sp³-hybridized carbons (Fsp3) is 0.158. The molecule has 0 aliphatic rings. The SMILES string of the molecule is COC(=O)C(c1cc(C)cc2ccc[n+]([O-])c12)S(=O)(=O)c1ccccc1. The summed E-state index contributed by atoms with van der Waals surface area (Å²) in [7, 11) is -2.99. The van der Waals surface area contributed by atoms with Crippen LogP contribution in [0.1, 0.15) is 16.4 Å². The van der Waals surface area contributed by atoms with Gasteiger partial charge in [0.2, 0.25) is 5.52 Å². The molecule has 0 aliphatic heterocycles. The second-order valence-corrected chi connectivity index (χ2v) is 7.92. The normalized spacial score (nSPS) is 12.7. The van der Waals surface area contributed by atoms with Gasteiger partial charge in [0.1, 0.15) is 0 Å². The molecule has 0 bridgehead atoms. The van der Waals surface area contributed by atoms with E-state index in [1.54, 1.807) is 49.4 Å². The molecule has 6 nitrogen and oxygen atoms in total. The molecular formula is C19H17NO5S. The quantitative estimate of drug-likeness (QED) is 0.399. The maximum absolute atomic E-state index is 13.2. The summed E-state index contributed by atoms with van der Waals surface area (Å²) >= 11 is 0. The summed E-state index contributed by atoms with van der Waals surface area (Å²) < 4.78 is 31.7. The molecule has 0 N–H and O–H groups in total. The lowest BCUT2D eigenvalue weighted by atomic mass is 10.0. The topological polar surface area (TPSA) is 87.4 Å². The van der Waals surface area contributed by atoms with Crippen molar-refractivity contribution < 1.29 is 22.7 Å². The molecule has 1 aromatic heterocycles. The van der Waals surface area contributed by atoms with Crippen LogP contribution < -0.4 is 4.73 Å². The average Bonchev–Trinajstić information content (AvgIpc) is 2.62. The number of ether oxygens (including phenoxy) is 1. The van der Waals surface area contributed by atoms with Gasteiger partial charge in [0.25, 0.3) is 0 Å². The summed E-state index contributed by atoms with van der Waals surface area (Å²) in [5.41, 5.74) is 0.968. The standard InChI is InChI=1S/C19H17NO5S/c1-13-11-14-7-6-10-20(22)17(14)16(12-13)18(19(21)25-2)26(23,24)15-8-4-3-5-9-15/h3-12,18H,1-2H3. The van der Waals surface area contributed by atoms with Crippen LogP contribution in [0.15, 0.2) is 65.7 Å². The van der Waals surface area contributed by atoms with Crippen LogP contribution in [0.4, 0.5) is 0 Å². The lowest BCUT2D eigenvalue weighted by Gasteiger charge is -2.17. The third-order valence-corrected chi connectivity index (χ3v) is 6.11. The lowest BCUT2D eigenvalue weighted by molar-refractivity contribution is -0.577. The number of benzene rings is 2. The Labute approximate surface area is 151 Å². The van der Waals surface area contributed by atoms with Crippen LogP contribution >= 0.6 is 0 Å². The van der Waals surface area contributed by atoms with Crippen molar-refractivity contribution in [1.82, 2.24) is 0 Å². The van der Waals surface area contributed by atoms with Crippen molar-refractivity contribution >= 4 is 26.7 Å². The van der Waals surface area contributed by atoms with E-state index in [-0.39, 0.29) is 16.0 Å². The van der Waals surface area contributed by atoms with Crippen LogP contribution in [0.25, 0.3) is 10.9 Å². The summed E-state index contributed by atoms with van der Waals surface area (Å²) in [6.45, 7) is 1.77. The molecule has 0 spiro atoms. The van der Waals surface area contributed by atoms with E-state index in [2.05, 4.69) is 0 Å². The first-order valence-corrected chi connectivity index (χ1v) is 9.40. The van der Waals surface area contributed by atoms with E-state index in [0.717, 1.165) is 12.7 Å². The van der Waals surface area contributed by atoms with Crippen molar-refractivity contribution in [2.75, 3.05) is 7.11 Å². The second-order valence-electron chi connectivity index (χ2n) is 5.89. The zero-order valence-electron chi connectivity index (χ0n) is 14.2. The molecular weight excluding hydrogens is 354 g/mol. The number of pyridine rings is 1. The van der Waals surface area contributed by atoms with Gasteiger partial charge in [0.15, 0.2) is 21.3 Å². The van der Waals surface area contributed by atoms with E-state index in [0.29, 0.717) is 10.1 Å². The fourth-order valence-electron chi connectivity index (χ4n) is 2.99. The molecule has 3 aromatic rings. The number of fused-ring (bicyclic) bond motifs is 1. The van der Waals surface area contributed by atoms with Crippen LogP contribution in [0.5, 0.6) is 0 Å². The molecule has 3 rings (SSSR count). The number of rotatable bonds is 4. The highest BCUT2D eigenvalue weighted by atomic mass is 32.2. The first-order chi connectivity index (χ1) is 12.4. The van der Waals surface area contributed by atoms with Crippen LogP contribution in [0.2, 0.25) is 0 Å². The molecule has 134 valence electrons. The second kappa shape index (κ2) is 6.76.